The monoisotopic (exact) mass is 235 g/mol. The van der Waals surface area contributed by atoms with Gasteiger partial charge in [0.1, 0.15) is 11.9 Å². The van der Waals surface area contributed by atoms with Gasteiger partial charge in [-0.1, -0.05) is 17.7 Å². The van der Waals surface area contributed by atoms with Crippen LogP contribution in [0.15, 0.2) is 30.6 Å². The summed E-state index contributed by atoms with van der Waals surface area (Å²) in [7, 11) is 0. The third-order valence-electron chi connectivity index (χ3n) is 2.15. The number of rotatable bonds is 2. The van der Waals surface area contributed by atoms with E-state index in [2.05, 4.69) is 4.98 Å². The lowest BCUT2D eigenvalue weighted by molar-refractivity contribution is 0.623. The van der Waals surface area contributed by atoms with Gasteiger partial charge in [-0.25, -0.2) is 9.37 Å². The first kappa shape index (κ1) is 10.7. The predicted octanol–water partition coefficient (Wildman–Crippen LogP) is 2.60. The molecule has 1 heterocycles. The van der Waals surface area contributed by atoms with Crippen LogP contribution in [0.4, 0.5) is 4.39 Å². The molecule has 2 aromatic rings. The smallest absolute Gasteiger partial charge is 0.213 e. The van der Waals surface area contributed by atoms with Crippen LogP contribution in [0.25, 0.3) is 0 Å². The summed E-state index contributed by atoms with van der Waals surface area (Å²) in [4.78, 5) is 3.85. The molecule has 16 heavy (non-hydrogen) atoms. The lowest BCUT2D eigenvalue weighted by Gasteiger charge is -2.04. The van der Waals surface area contributed by atoms with Crippen molar-refractivity contribution in [2.45, 2.75) is 6.54 Å². The summed E-state index contributed by atoms with van der Waals surface area (Å²) in [5.74, 6) is -0.159. The Labute approximate surface area is 96.7 Å². The van der Waals surface area contributed by atoms with E-state index in [4.69, 9.17) is 16.9 Å². The standard InChI is InChI=1S/C11H7ClFN3/c12-9-2-1-8(5-10(9)13)7-16-4-3-15-11(16)6-14/h1-5H,7H2. The molecule has 0 aliphatic rings. The maximum absolute atomic E-state index is 13.2. The first-order chi connectivity index (χ1) is 7.70. The second kappa shape index (κ2) is 4.33. The lowest BCUT2D eigenvalue weighted by atomic mass is 10.2. The molecule has 3 nitrogen and oxygen atoms in total. The van der Waals surface area contributed by atoms with Gasteiger partial charge in [0.15, 0.2) is 0 Å². The van der Waals surface area contributed by atoms with Crippen LogP contribution in [0, 0.1) is 17.1 Å². The molecule has 0 unspecified atom stereocenters. The average molecular weight is 236 g/mol. The van der Waals surface area contributed by atoms with E-state index in [1.807, 2.05) is 6.07 Å². The minimum absolute atomic E-state index is 0.0925. The van der Waals surface area contributed by atoms with E-state index >= 15 is 0 Å². The molecule has 0 radical (unpaired) electrons. The van der Waals surface area contributed by atoms with Gasteiger partial charge in [0.25, 0.3) is 0 Å². The Balaban J connectivity index is 2.28. The summed E-state index contributed by atoms with van der Waals surface area (Å²) in [5.41, 5.74) is 0.733. The lowest BCUT2D eigenvalue weighted by Crippen LogP contribution is -2.01. The van der Waals surface area contributed by atoms with Crippen LogP contribution < -0.4 is 0 Å². The molecule has 80 valence electrons. The zero-order valence-electron chi connectivity index (χ0n) is 8.19. The Morgan fingerprint density at radius 2 is 2.31 bits per heavy atom. The quantitative estimate of drug-likeness (QED) is 0.803. The van der Waals surface area contributed by atoms with E-state index in [1.165, 1.54) is 18.3 Å². The number of hydrogen-bond donors (Lipinski definition) is 0. The molecular formula is C11H7ClFN3. The zero-order chi connectivity index (χ0) is 11.5. The molecular weight excluding hydrogens is 229 g/mol. The van der Waals surface area contributed by atoms with Crippen LogP contribution in [0.1, 0.15) is 11.4 Å². The maximum Gasteiger partial charge on any atom is 0.213 e. The van der Waals surface area contributed by atoms with Crippen molar-refractivity contribution in [2.75, 3.05) is 0 Å². The maximum atomic E-state index is 13.2. The minimum Gasteiger partial charge on any atom is -0.318 e. The van der Waals surface area contributed by atoms with Gasteiger partial charge in [0.05, 0.1) is 5.02 Å². The Bertz CT molecular complexity index is 557. The molecule has 0 atom stereocenters. The third kappa shape index (κ3) is 2.05. The first-order valence-corrected chi connectivity index (χ1v) is 4.93. The van der Waals surface area contributed by atoms with Crippen molar-refractivity contribution in [3.05, 3.63) is 52.8 Å². The van der Waals surface area contributed by atoms with Gasteiger partial charge in [0, 0.05) is 18.9 Å². The molecule has 0 N–H and O–H groups in total. The van der Waals surface area contributed by atoms with Gasteiger partial charge in [0.2, 0.25) is 5.82 Å². The molecule has 0 aliphatic heterocycles. The largest absolute Gasteiger partial charge is 0.318 e. The molecule has 1 aromatic heterocycles. The molecule has 5 heteroatoms. The van der Waals surface area contributed by atoms with Crippen LogP contribution in [-0.2, 0) is 6.54 Å². The van der Waals surface area contributed by atoms with Crippen LogP contribution >= 0.6 is 11.6 Å². The number of nitriles is 1. The molecule has 0 spiro atoms. The predicted molar refractivity (Wildman–Crippen MR) is 57.5 cm³/mol. The van der Waals surface area contributed by atoms with Gasteiger partial charge < -0.3 is 4.57 Å². The van der Waals surface area contributed by atoms with E-state index in [9.17, 15) is 4.39 Å². The highest BCUT2D eigenvalue weighted by molar-refractivity contribution is 6.30. The molecule has 0 fully saturated rings. The van der Waals surface area contributed by atoms with Crippen molar-refractivity contribution in [3.8, 4) is 6.07 Å². The molecule has 0 saturated heterocycles. The van der Waals surface area contributed by atoms with Gasteiger partial charge in [-0.05, 0) is 17.7 Å². The summed E-state index contributed by atoms with van der Waals surface area (Å²) in [5, 5.41) is 8.85. The van der Waals surface area contributed by atoms with Gasteiger partial charge in [-0.2, -0.15) is 5.26 Å². The van der Waals surface area contributed by atoms with Crippen molar-refractivity contribution >= 4 is 11.6 Å². The SMILES string of the molecule is N#Cc1nccn1Cc1ccc(Cl)c(F)c1. The van der Waals surface area contributed by atoms with E-state index in [0.717, 1.165) is 5.56 Å². The van der Waals surface area contributed by atoms with Gasteiger partial charge >= 0.3 is 0 Å². The van der Waals surface area contributed by atoms with Crippen LogP contribution in [0.2, 0.25) is 5.02 Å². The Kier molecular flexibility index (Phi) is 2.88. The van der Waals surface area contributed by atoms with Crippen molar-refractivity contribution in [1.29, 1.82) is 5.26 Å². The van der Waals surface area contributed by atoms with E-state index in [0.29, 0.717) is 12.4 Å². The topological polar surface area (TPSA) is 41.6 Å². The highest BCUT2D eigenvalue weighted by atomic mass is 35.5. The fourth-order valence-electron chi connectivity index (χ4n) is 1.38. The summed E-state index contributed by atoms with van der Waals surface area (Å²) < 4.78 is 14.8. The number of nitrogens with zero attached hydrogens (tertiary/aromatic N) is 3. The summed E-state index contributed by atoms with van der Waals surface area (Å²) in [6.45, 7) is 0.400. The van der Waals surface area contributed by atoms with Crippen molar-refractivity contribution in [2.24, 2.45) is 0 Å². The number of benzene rings is 1. The molecule has 0 amide bonds. The molecule has 0 bridgehead atoms. The second-order valence-electron chi connectivity index (χ2n) is 3.24. The number of hydrogen-bond acceptors (Lipinski definition) is 2. The van der Waals surface area contributed by atoms with Crippen LogP contribution in [0.5, 0.6) is 0 Å². The fraction of sp³-hybridized carbons (Fsp3) is 0.0909. The number of imidazole rings is 1. The number of halogens is 2. The molecule has 2 rings (SSSR count). The van der Waals surface area contributed by atoms with E-state index in [1.54, 1.807) is 16.8 Å². The molecule has 0 aliphatic carbocycles. The second-order valence-corrected chi connectivity index (χ2v) is 3.65. The van der Waals surface area contributed by atoms with E-state index in [-0.39, 0.29) is 5.02 Å². The summed E-state index contributed by atoms with van der Waals surface area (Å²) in [6, 6.07) is 6.51. The average Bonchev–Trinajstić information content (AvgIpc) is 2.71. The zero-order valence-corrected chi connectivity index (χ0v) is 8.95. The van der Waals surface area contributed by atoms with Crippen LogP contribution in [0.3, 0.4) is 0 Å². The highest BCUT2D eigenvalue weighted by Gasteiger charge is 2.04. The van der Waals surface area contributed by atoms with Gasteiger partial charge in [-0.15, -0.1) is 0 Å². The van der Waals surface area contributed by atoms with Crippen molar-refractivity contribution < 1.29 is 4.39 Å². The van der Waals surface area contributed by atoms with Crippen molar-refractivity contribution in [1.82, 2.24) is 9.55 Å². The highest BCUT2D eigenvalue weighted by Crippen LogP contribution is 2.16. The van der Waals surface area contributed by atoms with Gasteiger partial charge in [-0.3, -0.25) is 0 Å². The van der Waals surface area contributed by atoms with E-state index < -0.39 is 5.82 Å². The number of aromatic nitrogens is 2. The third-order valence-corrected chi connectivity index (χ3v) is 2.46. The normalized spacial score (nSPS) is 10.1. The first-order valence-electron chi connectivity index (χ1n) is 4.56. The fourth-order valence-corrected chi connectivity index (χ4v) is 1.50. The Hall–Kier alpha value is -1.86. The Morgan fingerprint density at radius 3 is 3.00 bits per heavy atom. The van der Waals surface area contributed by atoms with Crippen molar-refractivity contribution in [3.63, 3.8) is 0 Å². The summed E-state index contributed by atoms with van der Waals surface area (Å²) in [6.07, 6.45) is 3.20. The Morgan fingerprint density at radius 1 is 1.50 bits per heavy atom. The minimum atomic E-state index is -0.460. The molecule has 1 aromatic carbocycles. The molecule has 0 saturated carbocycles. The summed E-state index contributed by atoms with van der Waals surface area (Å²) >= 11 is 5.57. The van der Waals surface area contributed by atoms with Crippen LogP contribution in [-0.4, -0.2) is 9.55 Å².